The predicted molar refractivity (Wildman–Crippen MR) is 125 cm³/mol. The van der Waals surface area contributed by atoms with Crippen molar-refractivity contribution in [3.63, 3.8) is 0 Å². The van der Waals surface area contributed by atoms with Gasteiger partial charge in [0.2, 0.25) is 0 Å². The summed E-state index contributed by atoms with van der Waals surface area (Å²) in [4.78, 5) is 27.4. The summed E-state index contributed by atoms with van der Waals surface area (Å²) in [6.07, 6.45) is 3.79. The highest BCUT2D eigenvalue weighted by Gasteiger charge is 2.20. The Bertz CT molecular complexity index is 892. The van der Waals surface area contributed by atoms with Gasteiger partial charge in [0.05, 0.1) is 0 Å². The molecule has 1 heterocycles. The fourth-order valence-electron chi connectivity index (χ4n) is 3.72. The van der Waals surface area contributed by atoms with Crippen molar-refractivity contribution in [2.75, 3.05) is 18.4 Å². The summed E-state index contributed by atoms with van der Waals surface area (Å²) >= 11 is 0. The van der Waals surface area contributed by atoms with Crippen LogP contribution in [-0.2, 0) is 10.2 Å². The van der Waals surface area contributed by atoms with Gasteiger partial charge in [-0.2, -0.15) is 0 Å². The molecule has 3 rings (SSSR count). The number of nitrogens with one attached hydrogen (secondary N) is 1. The van der Waals surface area contributed by atoms with Crippen molar-refractivity contribution in [3.8, 4) is 5.75 Å². The van der Waals surface area contributed by atoms with E-state index >= 15 is 0 Å². The van der Waals surface area contributed by atoms with E-state index < -0.39 is 6.10 Å². The van der Waals surface area contributed by atoms with Crippen molar-refractivity contribution in [3.05, 3.63) is 59.7 Å². The van der Waals surface area contributed by atoms with Crippen LogP contribution in [0.5, 0.6) is 5.75 Å². The number of benzene rings is 2. The summed E-state index contributed by atoms with van der Waals surface area (Å²) in [5.41, 5.74) is 2.48. The van der Waals surface area contributed by atoms with Gasteiger partial charge in [-0.05, 0) is 61.1 Å². The SMILES string of the molecule is CC(Oc1ccc(C(C)(C)C)cc1)C(=O)Nc1cccc(C(=O)N2CCCCCC2)c1. The summed E-state index contributed by atoms with van der Waals surface area (Å²) in [6, 6.07) is 15.0. The molecule has 0 spiro atoms. The predicted octanol–water partition coefficient (Wildman–Crippen LogP) is 5.41. The molecule has 0 bridgehead atoms. The third-order valence-corrected chi connectivity index (χ3v) is 5.67. The zero-order valence-electron chi connectivity index (χ0n) is 19.1. The molecule has 166 valence electrons. The number of hydrogen-bond acceptors (Lipinski definition) is 3. The Labute approximate surface area is 185 Å². The normalized spacial score (nSPS) is 15.7. The van der Waals surface area contributed by atoms with Gasteiger partial charge < -0.3 is 15.0 Å². The molecule has 1 fully saturated rings. The summed E-state index contributed by atoms with van der Waals surface area (Å²) in [7, 11) is 0. The molecule has 5 nitrogen and oxygen atoms in total. The summed E-state index contributed by atoms with van der Waals surface area (Å²) in [6.45, 7) is 9.79. The summed E-state index contributed by atoms with van der Waals surface area (Å²) in [5.74, 6) is 0.432. The molecule has 1 unspecified atom stereocenters. The Hall–Kier alpha value is -2.82. The molecular formula is C26H34N2O3. The lowest BCUT2D eigenvalue weighted by molar-refractivity contribution is -0.122. The number of rotatable bonds is 5. The van der Waals surface area contributed by atoms with Crippen LogP contribution in [0.4, 0.5) is 5.69 Å². The first-order valence-corrected chi connectivity index (χ1v) is 11.2. The van der Waals surface area contributed by atoms with Crippen LogP contribution in [0.3, 0.4) is 0 Å². The average Bonchev–Trinajstić information content (AvgIpc) is 3.02. The van der Waals surface area contributed by atoms with E-state index in [4.69, 9.17) is 4.74 Å². The number of hydrogen-bond donors (Lipinski definition) is 1. The lowest BCUT2D eigenvalue weighted by Gasteiger charge is -2.21. The Morgan fingerprint density at radius 3 is 2.23 bits per heavy atom. The van der Waals surface area contributed by atoms with E-state index in [1.807, 2.05) is 29.2 Å². The molecule has 0 saturated carbocycles. The average molecular weight is 423 g/mol. The molecule has 2 amide bonds. The zero-order valence-corrected chi connectivity index (χ0v) is 19.1. The molecule has 2 aromatic carbocycles. The molecule has 0 radical (unpaired) electrons. The number of ether oxygens (including phenoxy) is 1. The van der Waals surface area contributed by atoms with E-state index in [0.29, 0.717) is 17.0 Å². The molecule has 2 aromatic rings. The molecule has 1 aliphatic heterocycles. The number of carbonyl (C=O) groups is 2. The van der Waals surface area contributed by atoms with Crippen molar-refractivity contribution in [1.82, 2.24) is 4.90 Å². The van der Waals surface area contributed by atoms with Crippen LogP contribution in [0.25, 0.3) is 0 Å². The number of likely N-dealkylation sites (tertiary alicyclic amines) is 1. The Balaban J connectivity index is 1.60. The highest BCUT2D eigenvalue weighted by atomic mass is 16.5. The minimum Gasteiger partial charge on any atom is -0.481 e. The van der Waals surface area contributed by atoms with Crippen LogP contribution < -0.4 is 10.1 Å². The van der Waals surface area contributed by atoms with E-state index in [1.54, 1.807) is 31.2 Å². The van der Waals surface area contributed by atoms with Gasteiger partial charge in [0.25, 0.3) is 11.8 Å². The van der Waals surface area contributed by atoms with Gasteiger partial charge in [-0.3, -0.25) is 9.59 Å². The number of anilines is 1. The smallest absolute Gasteiger partial charge is 0.265 e. The fraction of sp³-hybridized carbons (Fsp3) is 0.462. The van der Waals surface area contributed by atoms with Crippen molar-refractivity contribution in [1.29, 1.82) is 0 Å². The second kappa shape index (κ2) is 9.99. The number of nitrogens with zero attached hydrogens (tertiary/aromatic N) is 1. The second-order valence-electron chi connectivity index (χ2n) is 9.31. The number of amides is 2. The van der Waals surface area contributed by atoms with Gasteiger partial charge in [0.15, 0.2) is 6.10 Å². The maximum absolute atomic E-state index is 12.9. The van der Waals surface area contributed by atoms with E-state index in [2.05, 4.69) is 26.1 Å². The van der Waals surface area contributed by atoms with Gasteiger partial charge in [-0.25, -0.2) is 0 Å². The molecule has 1 N–H and O–H groups in total. The molecule has 31 heavy (non-hydrogen) atoms. The monoisotopic (exact) mass is 422 g/mol. The lowest BCUT2D eigenvalue weighted by atomic mass is 9.87. The largest absolute Gasteiger partial charge is 0.481 e. The third kappa shape index (κ3) is 6.33. The molecular weight excluding hydrogens is 388 g/mol. The van der Waals surface area contributed by atoms with E-state index in [-0.39, 0.29) is 17.2 Å². The van der Waals surface area contributed by atoms with Crippen molar-refractivity contribution in [2.24, 2.45) is 0 Å². The molecule has 1 atom stereocenters. The lowest BCUT2D eigenvalue weighted by Crippen LogP contribution is -2.32. The van der Waals surface area contributed by atoms with Crippen LogP contribution in [-0.4, -0.2) is 35.9 Å². The van der Waals surface area contributed by atoms with Crippen LogP contribution in [0, 0.1) is 0 Å². The quantitative estimate of drug-likeness (QED) is 0.701. The first-order chi connectivity index (χ1) is 14.7. The highest BCUT2D eigenvalue weighted by molar-refractivity contribution is 5.98. The fourth-order valence-corrected chi connectivity index (χ4v) is 3.72. The van der Waals surface area contributed by atoms with Gasteiger partial charge in [0.1, 0.15) is 5.75 Å². The van der Waals surface area contributed by atoms with E-state index in [1.165, 1.54) is 18.4 Å². The van der Waals surface area contributed by atoms with Gasteiger partial charge >= 0.3 is 0 Å². The maximum atomic E-state index is 12.9. The second-order valence-corrected chi connectivity index (χ2v) is 9.31. The van der Waals surface area contributed by atoms with Crippen LogP contribution in [0.15, 0.2) is 48.5 Å². The first-order valence-electron chi connectivity index (χ1n) is 11.2. The minimum atomic E-state index is -0.662. The standard InChI is InChI=1S/C26H34N2O3/c1-19(31-23-14-12-21(13-15-23)26(2,3)4)24(29)27-22-11-9-10-20(18-22)25(30)28-16-7-5-6-8-17-28/h9-15,18-19H,5-8,16-17H2,1-4H3,(H,27,29). The topological polar surface area (TPSA) is 58.6 Å². The minimum absolute atomic E-state index is 0.0289. The summed E-state index contributed by atoms with van der Waals surface area (Å²) < 4.78 is 5.82. The molecule has 0 aromatic heterocycles. The van der Waals surface area contributed by atoms with E-state index in [9.17, 15) is 9.59 Å². The third-order valence-electron chi connectivity index (χ3n) is 5.67. The van der Waals surface area contributed by atoms with Crippen molar-refractivity contribution in [2.45, 2.75) is 64.9 Å². The highest BCUT2D eigenvalue weighted by Crippen LogP contribution is 2.25. The van der Waals surface area contributed by atoms with Gasteiger partial charge in [-0.15, -0.1) is 0 Å². The Morgan fingerprint density at radius 1 is 0.968 bits per heavy atom. The Morgan fingerprint density at radius 2 is 1.61 bits per heavy atom. The van der Waals surface area contributed by atoms with Gasteiger partial charge in [-0.1, -0.05) is 51.8 Å². The van der Waals surface area contributed by atoms with Crippen LogP contribution in [0.2, 0.25) is 0 Å². The van der Waals surface area contributed by atoms with Crippen molar-refractivity contribution >= 4 is 17.5 Å². The van der Waals surface area contributed by atoms with Crippen molar-refractivity contribution < 1.29 is 14.3 Å². The van der Waals surface area contributed by atoms with Gasteiger partial charge in [0, 0.05) is 24.3 Å². The van der Waals surface area contributed by atoms with Crippen LogP contribution in [0.1, 0.15) is 69.3 Å². The zero-order chi connectivity index (χ0) is 22.4. The molecule has 1 aliphatic rings. The molecule has 1 saturated heterocycles. The molecule has 5 heteroatoms. The maximum Gasteiger partial charge on any atom is 0.265 e. The number of carbonyl (C=O) groups excluding carboxylic acids is 2. The van der Waals surface area contributed by atoms with E-state index in [0.717, 1.165) is 25.9 Å². The first kappa shape index (κ1) is 22.9. The van der Waals surface area contributed by atoms with Crippen LogP contribution >= 0.6 is 0 Å². The Kier molecular flexibility index (Phi) is 7.37. The summed E-state index contributed by atoms with van der Waals surface area (Å²) in [5, 5.41) is 2.87. The molecule has 0 aliphatic carbocycles.